The van der Waals surface area contributed by atoms with Crippen LogP contribution in [0.1, 0.15) is 39.5 Å². The molecule has 4 atom stereocenters. The van der Waals surface area contributed by atoms with E-state index in [-0.39, 0.29) is 31.3 Å². The summed E-state index contributed by atoms with van der Waals surface area (Å²) in [6.07, 6.45) is -1.19. The third-order valence-electron chi connectivity index (χ3n) is 4.66. The highest BCUT2D eigenvalue weighted by molar-refractivity contribution is 5.97. The molecule has 198 valence electrons. The number of nitrogens with zero attached hydrogens (tertiary/aromatic N) is 1. The van der Waals surface area contributed by atoms with Gasteiger partial charge in [0.1, 0.15) is 18.1 Å². The summed E-state index contributed by atoms with van der Waals surface area (Å²) in [5.41, 5.74) is 26.4. The number of amides is 5. The number of carboxylic acid groups (broad SMARTS) is 1. The minimum atomic E-state index is -1.61. The molecule has 0 fully saturated rings. The van der Waals surface area contributed by atoms with Gasteiger partial charge < -0.3 is 49.7 Å². The second-order valence-electron chi connectivity index (χ2n) is 8.08. The Hall–Kier alpha value is -3.95. The van der Waals surface area contributed by atoms with Crippen molar-refractivity contribution in [3.05, 3.63) is 0 Å². The molecule has 0 aliphatic carbocycles. The molecule has 0 aliphatic rings. The predicted octanol–water partition coefficient (Wildman–Crippen LogP) is -4.69. The van der Waals surface area contributed by atoms with Gasteiger partial charge in [0.05, 0.1) is 18.9 Å². The van der Waals surface area contributed by atoms with Crippen molar-refractivity contribution in [1.82, 2.24) is 16.0 Å². The van der Waals surface area contributed by atoms with Crippen LogP contribution in [0, 0.1) is 5.92 Å². The molecule has 4 unspecified atom stereocenters. The number of nitrogens with two attached hydrogens (primary N) is 5. The number of carbonyl (C=O) groups excluding carboxylic acids is 5. The van der Waals surface area contributed by atoms with Crippen molar-refractivity contribution in [2.75, 3.05) is 6.54 Å². The fourth-order valence-corrected chi connectivity index (χ4v) is 2.70. The second-order valence-corrected chi connectivity index (χ2v) is 8.08. The van der Waals surface area contributed by atoms with E-state index in [4.69, 9.17) is 28.7 Å². The van der Waals surface area contributed by atoms with Gasteiger partial charge in [-0.1, -0.05) is 13.8 Å². The van der Waals surface area contributed by atoms with Crippen LogP contribution < -0.4 is 44.6 Å². The molecule has 16 nitrogen and oxygen atoms in total. The first-order valence-corrected chi connectivity index (χ1v) is 10.7. The Labute approximate surface area is 201 Å². The van der Waals surface area contributed by atoms with Gasteiger partial charge in [-0.3, -0.25) is 29.0 Å². The summed E-state index contributed by atoms with van der Waals surface area (Å²) in [6.45, 7) is 3.43. The molecule has 0 rings (SSSR count). The molecular formula is C19H35N9O7. The van der Waals surface area contributed by atoms with E-state index >= 15 is 0 Å². The van der Waals surface area contributed by atoms with E-state index in [0.29, 0.717) is 0 Å². The molecule has 0 aromatic heterocycles. The first-order valence-electron chi connectivity index (χ1n) is 10.7. The molecule has 0 spiro atoms. The largest absolute Gasteiger partial charge is 0.480 e. The maximum Gasteiger partial charge on any atom is 0.326 e. The average molecular weight is 502 g/mol. The van der Waals surface area contributed by atoms with Crippen LogP contribution in [0.25, 0.3) is 0 Å². The van der Waals surface area contributed by atoms with Crippen molar-refractivity contribution in [2.45, 2.75) is 63.7 Å². The monoisotopic (exact) mass is 501 g/mol. The Morgan fingerprint density at radius 1 is 0.771 bits per heavy atom. The number of aliphatic imine (C=N–C) groups is 1. The van der Waals surface area contributed by atoms with Crippen LogP contribution in [0.15, 0.2) is 4.99 Å². The molecule has 14 N–H and O–H groups in total. The molecule has 0 aromatic rings. The minimum Gasteiger partial charge on any atom is -0.480 e. The second kappa shape index (κ2) is 15.0. The SMILES string of the molecule is CC(C)C(N)C(=O)NC(CC(N)=O)C(=O)NC(CC(N)=O)C(=O)NC(CCCN=C(N)N)C(=O)O. The van der Waals surface area contributed by atoms with E-state index < -0.39 is 72.5 Å². The van der Waals surface area contributed by atoms with Gasteiger partial charge in [0.25, 0.3) is 0 Å². The summed E-state index contributed by atoms with van der Waals surface area (Å²) in [5, 5.41) is 16.0. The van der Waals surface area contributed by atoms with Crippen molar-refractivity contribution in [2.24, 2.45) is 39.6 Å². The molecule has 0 aliphatic heterocycles. The lowest BCUT2D eigenvalue weighted by molar-refractivity contribution is -0.142. The molecule has 35 heavy (non-hydrogen) atoms. The number of carbonyl (C=O) groups is 6. The normalized spacial score (nSPS) is 14.1. The van der Waals surface area contributed by atoms with Crippen molar-refractivity contribution in [1.29, 1.82) is 0 Å². The standard InChI is InChI=1S/C19H35N9O7/c1-8(2)14(22)17(33)28-11(7-13(21)30)16(32)27-10(6-12(20)29)15(31)26-9(18(34)35)4-3-5-25-19(23)24/h8-11,14H,3-7,22H2,1-2H3,(H2,20,29)(H2,21,30)(H,26,31)(H,27,32)(H,28,33)(H,34,35)(H4,23,24,25). The summed E-state index contributed by atoms with van der Waals surface area (Å²) in [5.74, 6) is -6.59. The lowest BCUT2D eigenvalue weighted by Crippen LogP contribution is -2.58. The van der Waals surface area contributed by atoms with E-state index in [1.165, 1.54) is 0 Å². The number of aliphatic carboxylic acids is 1. The number of hydrogen-bond acceptors (Lipinski definition) is 8. The first kappa shape index (κ1) is 31.0. The fraction of sp³-hybridized carbons (Fsp3) is 0.632. The topological polar surface area (TPSA) is 301 Å². The smallest absolute Gasteiger partial charge is 0.326 e. The zero-order chi connectivity index (χ0) is 27.3. The van der Waals surface area contributed by atoms with Gasteiger partial charge in [0.2, 0.25) is 29.5 Å². The fourth-order valence-electron chi connectivity index (χ4n) is 2.70. The van der Waals surface area contributed by atoms with Gasteiger partial charge in [0, 0.05) is 6.54 Å². The highest BCUT2D eigenvalue weighted by atomic mass is 16.4. The van der Waals surface area contributed by atoms with Crippen LogP contribution in [0.4, 0.5) is 0 Å². The maximum atomic E-state index is 12.7. The van der Waals surface area contributed by atoms with Crippen LogP contribution in [-0.4, -0.2) is 77.3 Å². The molecule has 0 radical (unpaired) electrons. The lowest BCUT2D eigenvalue weighted by atomic mass is 10.0. The number of rotatable bonds is 16. The molecular weight excluding hydrogens is 466 g/mol. The third-order valence-corrected chi connectivity index (χ3v) is 4.66. The molecule has 0 saturated carbocycles. The van der Waals surface area contributed by atoms with Crippen LogP contribution in [0.2, 0.25) is 0 Å². The maximum absolute atomic E-state index is 12.7. The summed E-state index contributed by atoms with van der Waals surface area (Å²) in [6, 6.07) is -5.51. The average Bonchev–Trinajstić information content (AvgIpc) is 2.72. The van der Waals surface area contributed by atoms with Crippen molar-refractivity contribution in [3.8, 4) is 0 Å². The van der Waals surface area contributed by atoms with Gasteiger partial charge in [-0.2, -0.15) is 0 Å². The van der Waals surface area contributed by atoms with E-state index in [9.17, 15) is 33.9 Å². The van der Waals surface area contributed by atoms with Crippen LogP contribution >= 0.6 is 0 Å². The Morgan fingerprint density at radius 2 is 1.20 bits per heavy atom. The number of guanidine groups is 1. The van der Waals surface area contributed by atoms with E-state index in [2.05, 4.69) is 20.9 Å². The van der Waals surface area contributed by atoms with Gasteiger partial charge in [-0.05, 0) is 18.8 Å². The third kappa shape index (κ3) is 12.8. The first-order chi connectivity index (χ1) is 16.1. The molecule has 16 heteroatoms. The Balaban J connectivity index is 5.51. The zero-order valence-electron chi connectivity index (χ0n) is 19.7. The quantitative estimate of drug-likeness (QED) is 0.0552. The summed E-state index contributed by atoms with van der Waals surface area (Å²) >= 11 is 0. The van der Waals surface area contributed by atoms with Gasteiger partial charge in [-0.25, -0.2) is 4.79 Å². The van der Waals surface area contributed by atoms with E-state index in [0.717, 1.165) is 0 Å². The van der Waals surface area contributed by atoms with Gasteiger partial charge in [0.15, 0.2) is 5.96 Å². The minimum absolute atomic E-state index is 0.0669. The molecule has 0 heterocycles. The van der Waals surface area contributed by atoms with Gasteiger partial charge >= 0.3 is 5.97 Å². The van der Waals surface area contributed by atoms with Crippen molar-refractivity contribution < 1.29 is 33.9 Å². The summed E-state index contributed by atoms with van der Waals surface area (Å²) < 4.78 is 0. The number of carboxylic acids is 1. The van der Waals surface area contributed by atoms with Crippen LogP contribution in [0.5, 0.6) is 0 Å². The van der Waals surface area contributed by atoms with E-state index in [1.807, 2.05) is 0 Å². The molecule has 0 saturated heterocycles. The van der Waals surface area contributed by atoms with Gasteiger partial charge in [-0.15, -0.1) is 0 Å². The number of primary amides is 2. The van der Waals surface area contributed by atoms with Crippen molar-refractivity contribution >= 4 is 41.5 Å². The Morgan fingerprint density at radius 3 is 1.57 bits per heavy atom. The van der Waals surface area contributed by atoms with Crippen LogP contribution in [0.3, 0.4) is 0 Å². The lowest BCUT2D eigenvalue weighted by Gasteiger charge is -2.24. The highest BCUT2D eigenvalue weighted by Crippen LogP contribution is 2.04. The van der Waals surface area contributed by atoms with Crippen molar-refractivity contribution in [3.63, 3.8) is 0 Å². The summed E-state index contributed by atoms with van der Waals surface area (Å²) in [7, 11) is 0. The number of hydrogen-bond donors (Lipinski definition) is 9. The van der Waals surface area contributed by atoms with E-state index in [1.54, 1.807) is 13.8 Å². The van der Waals surface area contributed by atoms with Crippen LogP contribution in [-0.2, 0) is 28.8 Å². The molecule has 0 bridgehead atoms. The molecule has 5 amide bonds. The Kier molecular flexibility index (Phi) is 13.4. The Bertz CT molecular complexity index is 827. The summed E-state index contributed by atoms with van der Waals surface area (Å²) in [4.78, 5) is 75.7. The zero-order valence-corrected chi connectivity index (χ0v) is 19.7. The highest BCUT2D eigenvalue weighted by Gasteiger charge is 2.32. The molecule has 0 aromatic carbocycles. The predicted molar refractivity (Wildman–Crippen MR) is 124 cm³/mol. The number of nitrogens with one attached hydrogen (secondary N) is 3.